The first-order valence-electron chi connectivity index (χ1n) is 11.5. The molecule has 9 nitrogen and oxygen atoms in total. The molecule has 1 aromatic carbocycles. The van der Waals surface area contributed by atoms with Gasteiger partial charge in [-0.3, -0.25) is 4.90 Å². The number of sulfonamides is 1. The molecule has 0 amide bonds. The van der Waals surface area contributed by atoms with E-state index < -0.39 is 10.0 Å². The van der Waals surface area contributed by atoms with Crippen LogP contribution in [0.15, 0.2) is 33.7 Å². The minimum atomic E-state index is -3.70. The van der Waals surface area contributed by atoms with E-state index in [0.29, 0.717) is 36.2 Å². The van der Waals surface area contributed by atoms with Gasteiger partial charge in [-0.2, -0.15) is 4.31 Å². The topological polar surface area (TPSA) is 88.3 Å². The van der Waals surface area contributed by atoms with E-state index in [0.717, 1.165) is 57.9 Å². The fourth-order valence-electron chi connectivity index (χ4n) is 4.50. The minimum absolute atomic E-state index is 0.163. The Morgan fingerprint density at radius 1 is 1.15 bits per heavy atom. The summed E-state index contributed by atoms with van der Waals surface area (Å²) in [7, 11) is -0.0730. The van der Waals surface area contributed by atoms with Crippen LogP contribution in [0.1, 0.15) is 18.5 Å². The third-order valence-electron chi connectivity index (χ3n) is 6.61. The number of aromatic nitrogens is 1. The third-order valence-corrected chi connectivity index (χ3v) is 8.53. The highest BCUT2D eigenvalue weighted by molar-refractivity contribution is 7.89. The second-order valence-electron chi connectivity index (χ2n) is 8.77. The Morgan fingerprint density at radius 2 is 1.88 bits per heavy atom. The number of morpholine rings is 1. The van der Waals surface area contributed by atoms with E-state index in [9.17, 15) is 8.42 Å². The Labute approximate surface area is 196 Å². The molecule has 10 heteroatoms. The molecule has 3 heterocycles. The lowest BCUT2D eigenvalue weighted by atomic mass is 10.1. The fourth-order valence-corrected chi connectivity index (χ4v) is 6.15. The van der Waals surface area contributed by atoms with Crippen molar-refractivity contribution in [3.8, 4) is 17.1 Å². The van der Waals surface area contributed by atoms with Crippen LogP contribution >= 0.6 is 0 Å². The lowest BCUT2D eigenvalue weighted by Crippen LogP contribution is -2.48. The van der Waals surface area contributed by atoms with Crippen LogP contribution in [0, 0.1) is 6.92 Å². The van der Waals surface area contributed by atoms with Crippen LogP contribution in [0.4, 0.5) is 0 Å². The molecule has 0 saturated carbocycles. The van der Waals surface area contributed by atoms with E-state index in [-0.39, 0.29) is 4.90 Å². The lowest BCUT2D eigenvalue weighted by molar-refractivity contribution is 0.0312. The van der Waals surface area contributed by atoms with Gasteiger partial charge in [0.15, 0.2) is 5.76 Å². The molecule has 1 aromatic heterocycles. The first-order valence-corrected chi connectivity index (χ1v) is 12.9. The van der Waals surface area contributed by atoms with Gasteiger partial charge in [0.25, 0.3) is 0 Å². The highest BCUT2D eigenvalue weighted by Crippen LogP contribution is 2.33. The number of hydrogen-bond donors (Lipinski definition) is 0. The van der Waals surface area contributed by atoms with Gasteiger partial charge in [0, 0.05) is 56.9 Å². The summed E-state index contributed by atoms with van der Waals surface area (Å²) in [6.45, 7) is 8.39. The molecular weight excluding hydrogens is 444 g/mol. The minimum Gasteiger partial charge on any atom is -0.495 e. The highest BCUT2D eigenvalue weighted by atomic mass is 32.2. The predicted molar refractivity (Wildman–Crippen MR) is 125 cm³/mol. The number of benzene rings is 1. The van der Waals surface area contributed by atoms with Crippen molar-refractivity contribution in [3.05, 3.63) is 30.0 Å². The van der Waals surface area contributed by atoms with Crippen LogP contribution in [0.3, 0.4) is 0 Å². The van der Waals surface area contributed by atoms with Crippen molar-refractivity contribution < 1.29 is 22.4 Å². The van der Waals surface area contributed by atoms with Crippen LogP contribution in [0.2, 0.25) is 0 Å². The molecule has 2 saturated heterocycles. The number of likely N-dealkylation sites (N-methyl/N-ethyl adjacent to an activating group) is 1. The lowest BCUT2D eigenvalue weighted by Gasteiger charge is -2.37. The molecule has 0 N–H and O–H groups in total. The molecule has 2 aliphatic rings. The number of nitrogens with zero attached hydrogens (tertiary/aromatic N) is 4. The summed E-state index contributed by atoms with van der Waals surface area (Å²) in [5.74, 6) is 0.868. The summed E-state index contributed by atoms with van der Waals surface area (Å²) in [6, 6.07) is 7.24. The molecule has 0 spiro atoms. The number of hydrogen-bond acceptors (Lipinski definition) is 8. The maximum Gasteiger partial charge on any atom is 0.246 e. The molecule has 4 rings (SSSR count). The van der Waals surface area contributed by atoms with Crippen LogP contribution in [0.25, 0.3) is 11.3 Å². The van der Waals surface area contributed by atoms with Gasteiger partial charge in [-0.15, -0.1) is 0 Å². The standard InChI is InChI=1S/C23H34N4O5S/c1-18-16-22(32-24-18)19-4-5-21(30-3)23(17-19)33(28,29)27-8-6-20(7-9-27)25(2)10-11-26-12-14-31-15-13-26/h4-5,16-17,20H,6-15H2,1-3H3. The molecule has 0 bridgehead atoms. The largest absolute Gasteiger partial charge is 0.495 e. The summed E-state index contributed by atoms with van der Waals surface area (Å²) in [4.78, 5) is 4.96. The van der Waals surface area contributed by atoms with Crippen molar-refractivity contribution in [1.82, 2.24) is 19.3 Å². The van der Waals surface area contributed by atoms with Gasteiger partial charge in [0.2, 0.25) is 10.0 Å². The maximum atomic E-state index is 13.5. The maximum absolute atomic E-state index is 13.5. The number of rotatable bonds is 8. The molecule has 0 unspecified atom stereocenters. The number of ether oxygens (including phenoxy) is 2. The summed E-state index contributed by atoms with van der Waals surface area (Å²) < 4.78 is 44.8. The van der Waals surface area contributed by atoms with Crippen LogP contribution in [-0.2, 0) is 14.8 Å². The predicted octanol–water partition coefficient (Wildman–Crippen LogP) is 2.08. The first-order chi connectivity index (χ1) is 15.9. The average Bonchev–Trinajstić information content (AvgIpc) is 3.29. The molecule has 2 aliphatic heterocycles. The van der Waals surface area contributed by atoms with Crippen molar-refractivity contribution >= 4 is 10.0 Å². The van der Waals surface area contributed by atoms with Gasteiger partial charge in [-0.05, 0) is 45.0 Å². The Hall–Kier alpha value is -1.98. The van der Waals surface area contributed by atoms with E-state index in [2.05, 4.69) is 22.0 Å². The molecule has 0 radical (unpaired) electrons. The van der Waals surface area contributed by atoms with E-state index >= 15 is 0 Å². The third kappa shape index (κ3) is 5.58. The van der Waals surface area contributed by atoms with Gasteiger partial charge in [-0.25, -0.2) is 8.42 Å². The molecule has 33 heavy (non-hydrogen) atoms. The monoisotopic (exact) mass is 478 g/mol. The summed E-state index contributed by atoms with van der Waals surface area (Å²) in [6.07, 6.45) is 1.62. The van der Waals surface area contributed by atoms with E-state index in [1.54, 1.807) is 28.6 Å². The van der Waals surface area contributed by atoms with Crippen molar-refractivity contribution in [2.45, 2.75) is 30.7 Å². The van der Waals surface area contributed by atoms with E-state index in [1.165, 1.54) is 7.11 Å². The summed E-state index contributed by atoms with van der Waals surface area (Å²) in [5.41, 5.74) is 1.40. The van der Waals surface area contributed by atoms with Gasteiger partial charge in [0.1, 0.15) is 10.6 Å². The van der Waals surface area contributed by atoms with Gasteiger partial charge in [-0.1, -0.05) is 5.16 Å². The Balaban J connectivity index is 1.41. The van der Waals surface area contributed by atoms with Gasteiger partial charge < -0.3 is 18.9 Å². The molecule has 0 atom stereocenters. The molecule has 182 valence electrons. The highest BCUT2D eigenvalue weighted by Gasteiger charge is 2.33. The summed E-state index contributed by atoms with van der Waals surface area (Å²) >= 11 is 0. The molecule has 0 aliphatic carbocycles. The quantitative estimate of drug-likeness (QED) is 0.570. The van der Waals surface area contributed by atoms with Crippen molar-refractivity contribution in [2.75, 3.05) is 66.6 Å². The van der Waals surface area contributed by atoms with Crippen molar-refractivity contribution in [1.29, 1.82) is 0 Å². The first kappa shape index (κ1) is 24.2. The second kappa shape index (κ2) is 10.5. The fraction of sp³-hybridized carbons (Fsp3) is 0.609. The Morgan fingerprint density at radius 3 is 2.52 bits per heavy atom. The Kier molecular flexibility index (Phi) is 7.70. The van der Waals surface area contributed by atoms with Crippen molar-refractivity contribution in [2.24, 2.45) is 0 Å². The zero-order valence-corrected chi connectivity index (χ0v) is 20.5. The van der Waals surface area contributed by atoms with Gasteiger partial charge in [0.05, 0.1) is 26.0 Å². The van der Waals surface area contributed by atoms with Crippen LogP contribution in [0.5, 0.6) is 5.75 Å². The second-order valence-corrected chi connectivity index (χ2v) is 10.7. The Bertz CT molecular complexity index is 1030. The molecular formula is C23H34N4O5S. The van der Waals surface area contributed by atoms with E-state index in [4.69, 9.17) is 14.0 Å². The number of methoxy groups -OCH3 is 1. The van der Waals surface area contributed by atoms with Crippen LogP contribution < -0.4 is 4.74 Å². The van der Waals surface area contributed by atoms with Crippen molar-refractivity contribution in [3.63, 3.8) is 0 Å². The number of aryl methyl sites for hydroxylation is 1. The number of piperidine rings is 1. The zero-order valence-electron chi connectivity index (χ0n) is 19.7. The average molecular weight is 479 g/mol. The smallest absolute Gasteiger partial charge is 0.246 e. The van der Waals surface area contributed by atoms with Crippen LogP contribution in [-0.4, -0.2) is 100 Å². The molecule has 2 aromatic rings. The SMILES string of the molecule is COc1ccc(-c2cc(C)no2)cc1S(=O)(=O)N1CCC(N(C)CCN2CCOCC2)CC1. The zero-order chi connectivity index (χ0) is 23.4. The normalized spacial score (nSPS) is 19.3. The summed E-state index contributed by atoms with van der Waals surface area (Å²) in [5, 5.41) is 3.91. The van der Waals surface area contributed by atoms with E-state index in [1.807, 2.05) is 6.92 Å². The molecule has 2 fully saturated rings. The van der Waals surface area contributed by atoms with Gasteiger partial charge >= 0.3 is 0 Å².